The van der Waals surface area contributed by atoms with E-state index >= 15 is 0 Å². The molecule has 1 aromatic rings. The van der Waals surface area contributed by atoms with Crippen molar-refractivity contribution in [2.45, 2.75) is 45.3 Å². The number of fused-ring (bicyclic) bond motifs is 1. The van der Waals surface area contributed by atoms with E-state index in [9.17, 15) is 9.90 Å². The zero-order chi connectivity index (χ0) is 13.3. The minimum absolute atomic E-state index is 0.0739. The van der Waals surface area contributed by atoms with Crippen LogP contribution in [0.1, 0.15) is 41.5 Å². The lowest BCUT2D eigenvalue weighted by atomic mass is 9.93. The average Bonchev–Trinajstić information content (AvgIpc) is 2.67. The maximum atomic E-state index is 12.1. The first-order valence-corrected chi connectivity index (χ1v) is 6.52. The zero-order valence-electron chi connectivity index (χ0n) is 11.3. The Morgan fingerprint density at radius 1 is 1.56 bits per heavy atom. The Morgan fingerprint density at radius 3 is 2.89 bits per heavy atom. The van der Waals surface area contributed by atoms with Crippen LogP contribution in [0.3, 0.4) is 0 Å². The Bertz CT molecular complexity index is 451. The maximum Gasteiger partial charge on any atom is 0.274 e. The molecular weight excluding hydrogens is 230 g/mol. The summed E-state index contributed by atoms with van der Waals surface area (Å²) < 4.78 is 1.94. The van der Waals surface area contributed by atoms with Crippen molar-refractivity contribution in [3.8, 4) is 0 Å². The van der Waals surface area contributed by atoms with Crippen molar-refractivity contribution >= 4 is 5.91 Å². The fourth-order valence-corrected chi connectivity index (χ4v) is 2.45. The molecule has 2 rings (SSSR count). The summed E-state index contributed by atoms with van der Waals surface area (Å²) in [5.74, 6) is -0.0739. The number of aliphatic hydroxyl groups excluding tert-OH is 1. The highest BCUT2D eigenvalue weighted by Crippen LogP contribution is 2.25. The van der Waals surface area contributed by atoms with E-state index in [0.29, 0.717) is 12.1 Å². The Labute approximate surface area is 107 Å². The second kappa shape index (κ2) is 5.10. The molecule has 5 heteroatoms. The van der Waals surface area contributed by atoms with Crippen LogP contribution in [0.25, 0.3) is 0 Å². The van der Waals surface area contributed by atoms with E-state index in [1.165, 1.54) is 0 Å². The molecule has 18 heavy (non-hydrogen) atoms. The normalized spacial score (nSPS) is 18.6. The van der Waals surface area contributed by atoms with Gasteiger partial charge in [0.15, 0.2) is 5.69 Å². The van der Waals surface area contributed by atoms with Crippen LogP contribution in [0, 0.1) is 0 Å². The van der Waals surface area contributed by atoms with Crippen molar-refractivity contribution in [1.82, 2.24) is 14.7 Å². The number of hydrogen-bond acceptors (Lipinski definition) is 3. The van der Waals surface area contributed by atoms with Crippen molar-refractivity contribution in [3.63, 3.8) is 0 Å². The third-order valence-electron chi connectivity index (χ3n) is 3.36. The van der Waals surface area contributed by atoms with E-state index in [0.717, 1.165) is 37.1 Å². The van der Waals surface area contributed by atoms with Crippen molar-refractivity contribution in [1.29, 1.82) is 0 Å². The largest absolute Gasteiger partial charge is 0.393 e. The summed E-state index contributed by atoms with van der Waals surface area (Å²) >= 11 is 0. The summed E-state index contributed by atoms with van der Waals surface area (Å²) in [4.78, 5) is 13.7. The molecule has 0 bridgehead atoms. The van der Waals surface area contributed by atoms with E-state index in [4.69, 9.17) is 0 Å². The second-order valence-corrected chi connectivity index (χ2v) is 5.09. The van der Waals surface area contributed by atoms with Gasteiger partial charge in [-0.2, -0.15) is 5.10 Å². The number of carbonyl (C=O) groups excluding carboxylic acids is 1. The van der Waals surface area contributed by atoms with Gasteiger partial charge in [-0.3, -0.25) is 9.48 Å². The van der Waals surface area contributed by atoms with Crippen LogP contribution in [-0.4, -0.2) is 45.9 Å². The predicted octanol–water partition coefficient (Wildman–Crippen LogP) is 0.845. The fourth-order valence-electron chi connectivity index (χ4n) is 2.45. The van der Waals surface area contributed by atoms with Gasteiger partial charge in [0, 0.05) is 38.3 Å². The number of hydrogen-bond donors (Lipinski definition) is 1. The smallest absolute Gasteiger partial charge is 0.274 e. The van der Waals surface area contributed by atoms with Gasteiger partial charge in [0.05, 0.1) is 6.10 Å². The molecule has 1 aliphatic carbocycles. The summed E-state index contributed by atoms with van der Waals surface area (Å²) in [6.45, 7) is 2.93. The van der Waals surface area contributed by atoms with E-state index in [1.54, 1.807) is 19.0 Å². The van der Waals surface area contributed by atoms with Crippen molar-refractivity contribution < 1.29 is 9.90 Å². The fraction of sp³-hybridized carbons (Fsp3) is 0.692. The SMILES string of the molecule is CCCn1nc(C(=O)N(C)C)c2c1CC[C@H](O)C2. The predicted molar refractivity (Wildman–Crippen MR) is 68.6 cm³/mol. The van der Waals surface area contributed by atoms with Gasteiger partial charge < -0.3 is 10.0 Å². The van der Waals surface area contributed by atoms with Crippen LogP contribution in [-0.2, 0) is 19.4 Å². The molecule has 0 aromatic carbocycles. The lowest BCUT2D eigenvalue weighted by molar-refractivity contribution is 0.0818. The minimum Gasteiger partial charge on any atom is -0.393 e. The average molecular weight is 251 g/mol. The van der Waals surface area contributed by atoms with Crippen LogP contribution < -0.4 is 0 Å². The van der Waals surface area contributed by atoms with Gasteiger partial charge >= 0.3 is 0 Å². The van der Waals surface area contributed by atoms with Gasteiger partial charge in [-0.1, -0.05) is 6.92 Å². The number of aryl methyl sites for hydroxylation is 1. The molecule has 0 aliphatic heterocycles. The van der Waals surface area contributed by atoms with Crippen LogP contribution in [0.2, 0.25) is 0 Å². The molecule has 0 saturated heterocycles. The number of nitrogens with zero attached hydrogens (tertiary/aromatic N) is 3. The molecule has 1 heterocycles. The Morgan fingerprint density at radius 2 is 2.28 bits per heavy atom. The van der Waals surface area contributed by atoms with Gasteiger partial charge in [-0.25, -0.2) is 0 Å². The zero-order valence-corrected chi connectivity index (χ0v) is 11.3. The number of aliphatic hydroxyl groups is 1. The molecule has 0 spiro atoms. The standard InChI is InChI=1S/C13H21N3O2/c1-4-7-16-11-6-5-9(17)8-10(11)12(14-16)13(18)15(2)3/h9,17H,4-8H2,1-3H3/t9-/m0/s1. The molecule has 0 fully saturated rings. The summed E-state index contributed by atoms with van der Waals surface area (Å²) in [5, 5.41) is 14.2. The molecule has 0 saturated carbocycles. The maximum absolute atomic E-state index is 12.1. The van der Waals surface area contributed by atoms with E-state index in [2.05, 4.69) is 12.0 Å². The van der Waals surface area contributed by atoms with Gasteiger partial charge in [0.25, 0.3) is 5.91 Å². The molecule has 1 N–H and O–H groups in total. The van der Waals surface area contributed by atoms with E-state index < -0.39 is 0 Å². The van der Waals surface area contributed by atoms with Crippen LogP contribution in [0.5, 0.6) is 0 Å². The third kappa shape index (κ3) is 2.27. The highest BCUT2D eigenvalue weighted by atomic mass is 16.3. The van der Waals surface area contributed by atoms with Crippen LogP contribution >= 0.6 is 0 Å². The van der Waals surface area contributed by atoms with Crippen LogP contribution in [0.15, 0.2) is 0 Å². The first-order valence-electron chi connectivity index (χ1n) is 6.52. The highest BCUT2D eigenvalue weighted by molar-refractivity contribution is 5.93. The molecule has 100 valence electrons. The molecule has 1 atom stereocenters. The molecule has 5 nitrogen and oxygen atoms in total. The first-order chi connectivity index (χ1) is 8.54. The second-order valence-electron chi connectivity index (χ2n) is 5.09. The van der Waals surface area contributed by atoms with Gasteiger partial charge in [0.1, 0.15) is 0 Å². The van der Waals surface area contributed by atoms with Crippen LogP contribution in [0.4, 0.5) is 0 Å². The number of aromatic nitrogens is 2. The first kappa shape index (κ1) is 13.1. The summed E-state index contributed by atoms with van der Waals surface area (Å²) in [6, 6.07) is 0. The van der Waals surface area contributed by atoms with Crippen molar-refractivity contribution in [3.05, 3.63) is 17.0 Å². The topological polar surface area (TPSA) is 58.4 Å². The minimum atomic E-state index is -0.342. The quantitative estimate of drug-likeness (QED) is 0.866. The van der Waals surface area contributed by atoms with Gasteiger partial charge in [0.2, 0.25) is 0 Å². The van der Waals surface area contributed by atoms with E-state index in [1.807, 2.05) is 4.68 Å². The van der Waals surface area contributed by atoms with Crippen molar-refractivity contribution in [2.75, 3.05) is 14.1 Å². The number of rotatable bonds is 3. The summed E-state index contributed by atoms with van der Waals surface area (Å²) in [7, 11) is 3.46. The molecular formula is C13H21N3O2. The number of amides is 1. The molecule has 0 unspecified atom stereocenters. The lowest BCUT2D eigenvalue weighted by Crippen LogP contribution is -2.25. The number of carbonyl (C=O) groups is 1. The summed E-state index contributed by atoms with van der Waals surface area (Å²) in [5.41, 5.74) is 2.59. The summed E-state index contributed by atoms with van der Waals surface area (Å²) in [6.07, 6.45) is 2.77. The third-order valence-corrected chi connectivity index (χ3v) is 3.36. The molecule has 0 radical (unpaired) electrons. The molecule has 1 aliphatic rings. The highest BCUT2D eigenvalue weighted by Gasteiger charge is 2.28. The van der Waals surface area contributed by atoms with Crippen molar-refractivity contribution in [2.24, 2.45) is 0 Å². The Hall–Kier alpha value is -1.36. The Kier molecular flexibility index (Phi) is 3.71. The van der Waals surface area contributed by atoms with Gasteiger partial charge in [-0.15, -0.1) is 0 Å². The van der Waals surface area contributed by atoms with E-state index in [-0.39, 0.29) is 12.0 Å². The van der Waals surface area contributed by atoms with Gasteiger partial charge in [-0.05, 0) is 19.3 Å². The molecule has 1 aromatic heterocycles. The Balaban J connectivity index is 2.43. The lowest BCUT2D eigenvalue weighted by Gasteiger charge is -2.19. The monoisotopic (exact) mass is 251 g/mol. The molecule has 1 amide bonds.